The highest BCUT2D eigenvalue weighted by Gasteiger charge is 2.12. The van der Waals surface area contributed by atoms with E-state index in [1.807, 2.05) is 11.8 Å². The van der Waals surface area contributed by atoms with Gasteiger partial charge in [-0.1, -0.05) is 32.9 Å². The summed E-state index contributed by atoms with van der Waals surface area (Å²) in [6.45, 7) is 6.71. The minimum atomic E-state index is 0.243. The molecule has 0 spiro atoms. The molecule has 0 bridgehead atoms. The van der Waals surface area contributed by atoms with Crippen LogP contribution in [0, 0.1) is 12.3 Å². The molecule has 0 aliphatic rings. The Balaban J connectivity index is 2.49. The van der Waals surface area contributed by atoms with E-state index in [-0.39, 0.29) is 5.41 Å². The first-order valence-electron chi connectivity index (χ1n) is 5.71. The molecule has 0 aliphatic heterocycles. The molecule has 0 unspecified atom stereocenters. The van der Waals surface area contributed by atoms with Gasteiger partial charge in [-0.3, -0.25) is 0 Å². The van der Waals surface area contributed by atoms with Crippen molar-refractivity contribution < 1.29 is 0 Å². The summed E-state index contributed by atoms with van der Waals surface area (Å²) in [7, 11) is 0. The van der Waals surface area contributed by atoms with Crippen molar-refractivity contribution in [3.05, 3.63) is 29.8 Å². The molecule has 0 aliphatic carbocycles. The molecule has 0 N–H and O–H groups in total. The van der Waals surface area contributed by atoms with E-state index in [4.69, 9.17) is 6.42 Å². The molecular weight excluding hydrogens is 212 g/mol. The van der Waals surface area contributed by atoms with Crippen molar-refractivity contribution in [2.24, 2.45) is 0 Å². The molecule has 1 heteroatoms. The molecule has 0 atom stereocenters. The summed E-state index contributed by atoms with van der Waals surface area (Å²) < 4.78 is 0. The molecule has 0 fully saturated rings. The Bertz CT molecular complexity index is 349. The van der Waals surface area contributed by atoms with Gasteiger partial charge in [-0.15, -0.1) is 24.1 Å². The van der Waals surface area contributed by atoms with Crippen molar-refractivity contribution in [1.29, 1.82) is 0 Å². The number of unbranched alkanes of at least 4 members (excludes halogenated alkanes) is 1. The third-order valence-corrected chi connectivity index (χ3v) is 3.55. The molecule has 0 amide bonds. The van der Waals surface area contributed by atoms with E-state index in [1.54, 1.807) is 0 Å². The normalized spacial score (nSPS) is 11.1. The molecule has 86 valence electrons. The molecular formula is C15H20S. The van der Waals surface area contributed by atoms with Crippen LogP contribution in [-0.2, 0) is 5.41 Å². The van der Waals surface area contributed by atoms with E-state index < -0.39 is 0 Å². The average Bonchev–Trinajstić information content (AvgIpc) is 2.24. The van der Waals surface area contributed by atoms with Crippen LogP contribution in [0.1, 0.15) is 39.2 Å². The molecule has 1 rings (SSSR count). The van der Waals surface area contributed by atoms with Crippen molar-refractivity contribution in [2.45, 2.75) is 43.9 Å². The molecule has 16 heavy (non-hydrogen) atoms. The highest BCUT2D eigenvalue weighted by molar-refractivity contribution is 7.99. The fraction of sp³-hybridized carbons (Fsp3) is 0.467. The van der Waals surface area contributed by atoms with Crippen LogP contribution < -0.4 is 0 Å². The topological polar surface area (TPSA) is 0 Å². The maximum absolute atomic E-state index is 5.22. The molecule has 0 nitrogen and oxygen atoms in total. The highest BCUT2D eigenvalue weighted by atomic mass is 32.2. The van der Waals surface area contributed by atoms with E-state index in [1.165, 1.54) is 10.5 Å². The Hall–Kier alpha value is -0.870. The number of hydrogen-bond donors (Lipinski definition) is 0. The summed E-state index contributed by atoms with van der Waals surface area (Å²) in [5, 5.41) is 0. The number of rotatable bonds is 4. The lowest BCUT2D eigenvalue weighted by molar-refractivity contribution is 0.590. The number of hydrogen-bond acceptors (Lipinski definition) is 1. The second-order valence-corrected chi connectivity index (χ2v) is 6.10. The zero-order valence-corrected chi connectivity index (χ0v) is 11.2. The lowest BCUT2D eigenvalue weighted by Crippen LogP contribution is -2.10. The first kappa shape index (κ1) is 13.2. The molecule has 0 saturated heterocycles. The van der Waals surface area contributed by atoms with Gasteiger partial charge in [0.1, 0.15) is 0 Å². The summed E-state index contributed by atoms with van der Waals surface area (Å²) in [6.07, 6.45) is 7.20. The molecule has 0 radical (unpaired) electrons. The maximum Gasteiger partial charge on any atom is 0.00940 e. The van der Waals surface area contributed by atoms with Crippen LogP contribution in [0.5, 0.6) is 0 Å². The predicted octanol–water partition coefficient (Wildman–Crippen LogP) is 4.49. The third-order valence-electron chi connectivity index (χ3n) is 2.45. The first-order chi connectivity index (χ1) is 7.54. The lowest BCUT2D eigenvalue weighted by atomic mass is 9.87. The second-order valence-electron chi connectivity index (χ2n) is 4.93. The van der Waals surface area contributed by atoms with Gasteiger partial charge in [0, 0.05) is 11.3 Å². The van der Waals surface area contributed by atoms with Crippen molar-refractivity contribution in [2.75, 3.05) is 5.75 Å². The van der Waals surface area contributed by atoms with Gasteiger partial charge in [0.25, 0.3) is 0 Å². The van der Waals surface area contributed by atoms with Crippen molar-refractivity contribution in [1.82, 2.24) is 0 Å². The van der Waals surface area contributed by atoms with Gasteiger partial charge < -0.3 is 0 Å². The van der Waals surface area contributed by atoms with Gasteiger partial charge in [-0.2, -0.15) is 0 Å². The predicted molar refractivity (Wildman–Crippen MR) is 73.9 cm³/mol. The number of benzene rings is 1. The van der Waals surface area contributed by atoms with Crippen molar-refractivity contribution >= 4 is 11.8 Å². The SMILES string of the molecule is C#CCCCSc1ccc(C(C)(C)C)cc1. The van der Waals surface area contributed by atoms with Gasteiger partial charge in [-0.25, -0.2) is 0 Å². The summed E-state index contributed by atoms with van der Waals surface area (Å²) in [5.41, 5.74) is 1.63. The highest BCUT2D eigenvalue weighted by Crippen LogP contribution is 2.25. The first-order valence-corrected chi connectivity index (χ1v) is 6.69. The van der Waals surface area contributed by atoms with Crippen LogP contribution in [0.4, 0.5) is 0 Å². The van der Waals surface area contributed by atoms with Crippen LogP contribution in [0.3, 0.4) is 0 Å². The number of terminal acetylenes is 1. The van der Waals surface area contributed by atoms with Crippen LogP contribution in [0.2, 0.25) is 0 Å². The quantitative estimate of drug-likeness (QED) is 0.419. The average molecular weight is 232 g/mol. The molecule has 1 aromatic rings. The van der Waals surface area contributed by atoms with E-state index in [0.29, 0.717) is 0 Å². The molecule has 1 aromatic carbocycles. The van der Waals surface area contributed by atoms with Crippen molar-refractivity contribution in [3.8, 4) is 12.3 Å². The Kier molecular flexibility index (Phi) is 4.96. The summed E-state index contributed by atoms with van der Waals surface area (Å²) in [5.74, 6) is 3.78. The van der Waals surface area contributed by atoms with Crippen LogP contribution in [-0.4, -0.2) is 5.75 Å². The van der Waals surface area contributed by atoms with E-state index in [0.717, 1.165) is 18.6 Å². The molecule has 0 saturated carbocycles. The van der Waals surface area contributed by atoms with Gasteiger partial charge in [0.2, 0.25) is 0 Å². The minimum absolute atomic E-state index is 0.243. The molecule has 0 aromatic heterocycles. The monoisotopic (exact) mass is 232 g/mol. The zero-order chi connectivity index (χ0) is 12.0. The van der Waals surface area contributed by atoms with Crippen LogP contribution in [0.15, 0.2) is 29.2 Å². The van der Waals surface area contributed by atoms with E-state index in [9.17, 15) is 0 Å². The van der Waals surface area contributed by atoms with Gasteiger partial charge in [0.05, 0.1) is 0 Å². The Morgan fingerprint density at radius 3 is 2.31 bits per heavy atom. The standard InChI is InChI=1S/C15H20S/c1-5-6-7-12-16-14-10-8-13(9-11-14)15(2,3)4/h1,8-11H,6-7,12H2,2-4H3. The third kappa shape index (κ3) is 4.33. The lowest BCUT2D eigenvalue weighted by Gasteiger charge is -2.19. The Labute approximate surface area is 104 Å². The molecule has 0 heterocycles. The van der Waals surface area contributed by atoms with E-state index >= 15 is 0 Å². The Morgan fingerprint density at radius 2 is 1.81 bits per heavy atom. The number of thioether (sulfide) groups is 1. The summed E-state index contributed by atoms with van der Waals surface area (Å²) >= 11 is 1.88. The maximum atomic E-state index is 5.22. The Morgan fingerprint density at radius 1 is 1.19 bits per heavy atom. The largest absolute Gasteiger partial charge is 0.126 e. The minimum Gasteiger partial charge on any atom is -0.126 e. The van der Waals surface area contributed by atoms with E-state index in [2.05, 4.69) is 51.0 Å². The smallest absolute Gasteiger partial charge is 0.00940 e. The van der Waals surface area contributed by atoms with Crippen molar-refractivity contribution in [3.63, 3.8) is 0 Å². The zero-order valence-electron chi connectivity index (χ0n) is 10.4. The van der Waals surface area contributed by atoms with Gasteiger partial charge in [0.15, 0.2) is 0 Å². The van der Waals surface area contributed by atoms with Gasteiger partial charge >= 0.3 is 0 Å². The second kappa shape index (κ2) is 6.01. The van der Waals surface area contributed by atoms with Crippen LogP contribution >= 0.6 is 11.8 Å². The fourth-order valence-corrected chi connectivity index (χ4v) is 2.27. The fourth-order valence-electron chi connectivity index (χ4n) is 1.42. The summed E-state index contributed by atoms with van der Waals surface area (Å²) in [6, 6.07) is 8.87. The van der Waals surface area contributed by atoms with Gasteiger partial charge in [-0.05, 0) is 35.3 Å². The van der Waals surface area contributed by atoms with Crippen LogP contribution in [0.25, 0.3) is 0 Å². The summed E-state index contributed by atoms with van der Waals surface area (Å²) in [4.78, 5) is 1.34.